The Balaban J connectivity index is 1.75. The second-order valence-electron chi connectivity index (χ2n) is 8.11. The van der Waals surface area contributed by atoms with Crippen LogP contribution in [0.3, 0.4) is 0 Å². The van der Waals surface area contributed by atoms with E-state index in [0.717, 1.165) is 38.3 Å². The monoisotopic (exact) mass is 381 g/mol. The third-order valence-electron chi connectivity index (χ3n) is 6.20. The molecule has 2 aromatic rings. The molecule has 3 N–H and O–H groups in total. The molecule has 2 aliphatic carbocycles. The Morgan fingerprint density at radius 2 is 1.96 bits per heavy atom. The standard InChI is InChI=1S/C19H26F3N5/c1-11(12-4-2-3-5-12)16-9-17(25-14-7-6-13(23)8-14)27-18(26-16)15(10-24-27)19(20,21)22/h9-14,25H,2-8,23H2,1H3/t11?,13-,14-/m0/s1. The van der Waals surface area contributed by atoms with Crippen molar-refractivity contribution >= 4 is 11.5 Å². The van der Waals surface area contributed by atoms with Gasteiger partial charge in [-0.25, -0.2) is 4.98 Å². The lowest BCUT2D eigenvalue weighted by Gasteiger charge is -2.21. The van der Waals surface area contributed by atoms with Gasteiger partial charge in [0.15, 0.2) is 5.65 Å². The molecule has 0 amide bonds. The summed E-state index contributed by atoms with van der Waals surface area (Å²) in [4.78, 5) is 4.41. The highest BCUT2D eigenvalue weighted by Crippen LogP contribution is 2.39. The normalized spacial score (nSPS) is 25.4. The molecule has 2 aromatic heterocycles. The average molecular weight is 381 g/mol. The lowest BCUT2D eigenvalue weighted by atomic mass is 9.89. The fourth-order valence-corrected chi connectivity index (χ4v) is 4.57. The Labute approximate surface area is 156 Å². The molecule has 3 atom stereocenters. The van der Waals surface area contributed by atoms with Crippen LogP contribution < -0.4 is 11.1 Å². The largest absolute Gasteiger partial charge is 0.421 e. The van der Waals surface area contributed by atoms with Crippen molar-refractivity contribution in [3.63, 3.8) is 0 Å². The fraction of sp³-hybridized carbons (Fsp3) is 0.684. The Kier molecular flexibility index (Phi) is 4.78. The minimum atomic E-state index is -4.48. The number of halogens is 3. The molecule has 2 saturated carbocycles. The molecule has 2 heterocycles. The van der Waals surface area contributed by atoms with Gasteiger partial charge in [0.25, 0.3) is 0 Å². The van der Waals surface area contributed by atoms with Crippen LogP contribution in [-0.4, -0.2) is 26.7 Å². The maximum Gasteiger partial charge on any atom is 0.421 e. The Bertz CT molecular complexity index is 810. The fourth-order valence-electron chi connectivity index (χ4n) is 4.57. The van der Waals surface area contributed by atoms with Crippen molar-refractivity contribution in [2.75, 3.05) is 5.32 Å². The molecule has 1 unspecified atom stereocenters. The summed E-state index contributed by atoms with van der Waals surface area (Å²) >= 11 is 0. The number of anilines is 1. The topological polar surface area (TPSA) is 68.2 Å². The molecule has 148 valence electrons. The van der Waals surface area contributed by atoms with Crippen LogP contribution in [0.1, 0.15) is 69.0 Å². The summed E-state index contributed by atoms with van der Waals surface area (Å²) in [6.45, 7) is 2.08. The van der Waals surface area contributed by atoms with Gasteiger partial charge in [-0.05, 0) is 38.0 Å². The zero-order valence-electron chi connectivity index (χ0n) is 15.5. The molecule has 27 heavy (non-hydrogen) atoms. The van der Waals surface area contributed by atoms with Crippen LogP contribution in [0.2, 0.25) is 0 Å². The van der Waals surface area contributed by atoms with Crippen LogP contribution in [-0.2, 0) is 6.18 Å². The molecule has 0 spiro atoms. The highest BCUT2D eigenvalue weighted by atomic mass is 19.4. The maximum absolute atomic E-state index is 13.4. The number of hydrogen-bond acceptors (Lipinski definition) is 4. The number of nitrogens with two attached hydrogens (primary N) is 1. The summed E-state index contributed by atoms with van der Waals surface area (Å²) in [5.41, 5.74) is 5.80. The molecule has 8 heteroatoms. The number of rotatable bonds is 4. The van der Waals surface area contributed by atoms with Crippen molar-refractivity contribution in [3.8, 4) is 0 Å². The molecule has 0 radical (unpaired) electrons. The van der Waals surface area contributed by atoms with Gasteiger partial charge >= 0.3 is 6.18 Å². The zero-order valence-corrected chi connectivity index (χ0v) is 15.5. The van der Waals surface area contributed by atoms with Gasteiger partial charge < -0.3 is 11.1 Å². The Morgan fingerprint density at radius 3 is 2.59 bits per heavy atom. The summed E-state index contributed by atoms with van der Waals surface area (Å²) < 4.78 is 41.6. The lowest BCUT2D eigenvalue weighted by molar-refractivity contribution is -0.136. The van der Waals surface area contributed by atoms with Crippen molar-refractivity contribution in [1.29, 1.82) is 0 Å². The van der Waals surface area contributed by atoms with E-state index in [4.69, 9.17) is 5.73 Å². The van der Waals surface area contributed by atoms with Crippen molar-refractivity contribution in [3.05, 3.63) is 23.5 Å². The summed E-state index contributed by atoms with van der Waals surface area (Å²) in [6.07, 6.45) is 3.63. The first-order valence-electron chi connectivity index (χ1n) is 9.81. The summed E-state index contributed by atoms with van der Waals surface area (Å²) in [7, 11) is 0. The maximum atomic E-state index is 13.4. The number of alkyl halides is 3. The predicted octanol–water partition coefficient (Wildman–Crippen LogP) is 4.33. The van der Waals surface area contributed by atoms with Crippen molar-refractivity contribution in [2.45, 2.75) is 76.0 Å². The van der Waals surface area contributed by atoms with Gasteiger partial charge in [-0.3, -0.25) is 0 Å². The Hall–Kier alpha value is -1.83. The molecule has 2 aliphatic rings. The number of nitrogens with one attached hydrogen (secondary N) is 1. The zero-order chi connectivity index (χ0) is 19.2. The van der Waals surface area contributed by atoms with Gasteiger partial charge in [-0.1, -0.05) is 19.8 Å². The molecule has 0 aromatic carbocycles. The molecule has 0 bridgehead atoms. The first-order chi connectivity index (χ1) is 12.8. The van der Waals surface area contributed by atoms with Gasteiger partial charge in [-0.2, -0.15) is 22.8 Å². The third-order valence-corrected chi connectivity index (χ3v) is 6.20. The van der Waals surface area contributed by atoms with Crippen LogP contribution >= 0.6 is 0 Å². The van der Waals surface area contributed by atoms with E-state index in [2.05, 4.69) is 22.3 Å². The first-order valence-corrected chi connectivity index (χ1v) is 9.81. The van der Waals surface area contributed by atoms with E-state index in [-0.39, 0.29) is 23.6 Å². The quantitative estimate of drug-likeness (QED) is 0.827. The van der Waals surface area contributed by atoms with Crippen LogP contribution in [0.4, 0.5) is 19.0 Å². The van der Waals surface area contributed by atoms with E-state index in [0.29, 0.717) is 17.4 Å². The predicted molar refractivity (Wildman–Crippen MR) is 97.6 cm³/mol. The number of nitrogens with zero attached hydrogens (tertiary/aromatic N) is 3. The minimum absolute atomic E-state index is 0.116. The van der Waals surface area contributed by atoms with E-state index in [1.807, 2.05) is 6.07 Å². The molecule has 0 aliphatic heterocycles. The molecular weight excluding hydrogens is 355 g/mol. The average Bonchev–Trinajstić information content (AvgIpc) is 3.33. The molecular formula is C19H26F3N5. The Morgan fingerprint density at radius 1 is 1.22 bits per heavy atom. The van der Waals surface area contributed by atoms with E-state index >= 15 is 0 Å². The van der Waals surface area contributed by atoms with E-state index < -0.39 is 11.7 Å². The van der Waals surface area contributed by atoms with Crippen molar-refractivity contribution in [2.24, 2.45) is 11.7 Å². The summed E-state index contributed by atoms with van der Waals surface area (Å²) in [5, 5.41) is 7.36. The SMILES string of the molecule is CC(c1cc(N[C@H]2CC[C@H](N)C2)n2ncc(C(F)(F)F)c2n1)C1CCCC1. The summed E-state index contributed by atoms with van der Waals surface area (Å²) in [5.74, 6) is 1.18. The van der Waals surface area contributed by atoms with Gasteiger partial charge in [0.1, 0.15) is 11.4 Å². The van der Waals surface area contributed by atoms with Gasteiger partial charge in [-0.15, -0.1) is 0 Å². The number of fused-ring (bicyclic) bond motifs is 1. The van der Waals surface area contributed by atoms with E-state index in [1.54, 1.807) is 0 Å². The van der Waals surface area contributed by atoms with Crippen molar-refractivity contribution < 1.29 is 13.2 Å². The molecule has 4 rings (SSSR count). The second-order valence-corrected chi connectivity index (χ2v) is 8.11. The van der Waals surface area contributed by atoms with Crippen LogP contribution in [0.15, 0.2) is 12.3 Å². The van der Waals surface area contributed by atoms with Crippen LogP contribution in [0.5, 0.6) is 0 Å². The van der Waals surface area contributed by atoms with Crippen LogP contribution in [0, 0.1) is 5.92 Å². The number of hydrogen-bond donors (Lipinski definition) is 2. The van der Waals surface area contributed by atoms with Gasteiger partial charge in [0.2, 0.25) is 0 Å². The highest BCUT2D eigenvalue weighted by molar-refractivity contribution is 5.56. The van der Waals surface area contributed by atoms with Gasteiger partial charge in [0, 0.05) is 29.8 Å². The van der Waals surface area contributed by atoms with E-state index in [1.165, 1.54) is 17.4 Å². The smallest absolute Gasteiger partial charge is 0.367 e. The van der Waals surface area contributed by atoms with Crippen LogP contribution in [0.25, 0.3) is 5.65 Å². The summed E-state index contributed by atoms with van der Waals surface area (Å²) in [6, 6.07) is 2.17. The lowest BCUT2D eigenvalue weighted by Crippen LogP contribution is -2.22. The first kappa shape index (κ1) is 18.5. The molecule has 5 nitrogen and oxygen atoms in total. The van der Waals surface area contributed by atoms with E-state index in [9.17, 15) is 13.2 Å². The third kappa shape index (κ3) is 3.63. The minimum Gasteiger partial charge on any atom is -0.367 e. The molecule has 2 fully saturated rings. The molecule has 0 saturated heterocycles. The van der Waals surface area contributed by atoms with Crippen molar-refractivity contribution in [1.82, 2.24) is 14.6 Å². The van der Waals surface area contributed by atoms with Gasteiger partial charge in [0.05, 0.1) is 6.20 Å². The highest BCUT2D eigenvalue weighted by Gasteiger charge is 2.36. The number of aromatic nitrogens is 3. The second kappa shape index (κ2) is 6.96.